The van der Waals surface area contributed by atoms with Crippen molar-refractivity contribution in [3.05, 3.63) is 18.2 Å². The summed E-state index contributed by atoms with van der Waals surface area (Å²) >= 11 is 0. The SMILES string of the molecule is COC(=O)C(NC(=O)C(F)(F)F)(Nc1cc(OC)ccc1OC)C(F)(F)F. The highest BCUT2D eigenvalue weighted by molar-refractivity contribution is 5.93. The minimum atomic E-state index is -5.74. The van der Waals surface area contributed by atoms with Gasteiger partial charge in [0.25, 0.3) is 0 Å². The van der Waals surface area contributed by atoms with Crippen LogP contribution in [0.5, 0.6) is 11.5 Å². The number of halogens is 6. The summed E-state index contributed by atoms with van der Waals surface area (Å²) < 4.78 is 92.2. The molecule has 1 unspecified atom stereocenters. The lowest BCUT2D eigenvalue weighted by Crippen LogP contribution is -2.70. The molecule has 0 fully saturated rings. The number of hydrogen-bond acceptors (Lipinski definition) is 6. The fourth-order valence-electron chi connectivity index (χ4n) is 1.90. The number of methoxy groups -OCH3 is 3. The minimum absolute atomic E-state index is 0.0126. The maximum atomic E-state index is 13.6. The van der Waals surface area contributed by atoms with Crippen LogP contribution in [0.4, 0.5) is 32.0 Å². The van der Waals surface area contributed by atoms with Gasteiger partial charge in [0.2, 0.25) is 0 Å². The van der Waals surface area contributed by atoms with Gasteiger partial charge >= 0.3 is 29.9 Å². The van der Waals surface area contributed by atoms with E-state index in [4.69, 9.17) is 9.47 Å². The lowest BCUT2D eigenvalue weighted by Gasteiger charge is -2.35. The number of carbonyl (C=O) groups excluding carboxylic acids is 2. The van der Waals surface area contributed by atoms with E-state index in [9.17, 15) is 35.9 Å². The van der Waals surface area contributed by atoms with E-state index in [-0.39, 0.29) is 11.5 Å². The summed E-state index contributed by atoms with van der Waals surface area (Å²) in [6.45, 7) is 0. The fourth-order valence-corrected chi connectivity index (χ4v) is 1.90. The normalized spacial score (nSPS) is 14.0. The Balaban J connectivity index is 3.59. The molecule has 0 saturated heterocycles. The van der Waals surface area contributed by atoms with E-state index in [1.54, 1.807) is 5.32 Å². The lowest BCUT2D eigenvalue weighted by atomic mass is 10.1. The fraction of sp³-hybridized carbons (Fsp3) is 0.429. The first-order valence-electron chi connectivity index (χ1n) is 6.87. The molecule has 7 nitrogen and oxygen atoms in total. The maximum Gasteiger partial charge on any atom is 0.471 e. The Kier molecular flexibility index (Phi) is 6.41. The van der Waals surface area contributed by atoms with Crippen molar-refractivity contribution in [2.45, 2.75) is 18.0 Å². The number of alkyl halides is 6. The van der Waals surface area contributed by atoms with Gasteiger partial charge in [-0.2, -0.15) is 26.3 Å². The molecule has 0 saturated carbocycles. The van der Waals surface area contributed by atoms with Crippen molar-refractivity contribution in [3.63, 3.8) is 0 Å². The van der Waals surface area contributed by atoms with Crippen LogP contribution in [0.1, 0.15) is 0 Å². The number of amides is 1. The highest BCUT2D eigenvalue weighted by Gasteiger charge is 2.65. The average molecular weight is 404 g/mol. The van der Waals surface area contributed by atoms with Gasteiger partial charge in [0.15, 0.2) is 0 Å². The van der Waals surface area contributed by atoms with Crippen molar-refractivity contribution < 1.29 is 50.1 Å². The van der Waals surface area contributed by atoms with Crippen molar-refractivity contribution in [3.8, 4) is 11.5 Å². The number of esters is 1. The van der Waals surface area contributed by atoms with E-state index in [0.717, 1.165) is 19.2 Å². The van der Waals surface area contributed by atoms with Gasteiger partial charge in [0.1, 0.15) is 11.5 Å². The number of benzene rings is 1. The molecule has 152 valence electrons. The van der Waals surface area contributed by atoms with Gasteiger partial charge in [0.05, 0.1) is 27.0 Å². The molecule has 0 bridgehead atoms. The molecular formula is C14H14F6N2O5. The van der Waals surface area contributed by atoms with Gasteiger partial charge in [-0.1, -0.05) is 0 Å². The summed E-state index contributed by atoms with van der Waals surface area (Å²) in [4.78, 5) is 23.0. The summed E-state index contributed by atoms with van der Waals surface area (Å²) in [5.74, 6) is -5.55. The Morgan fingerprint density at radius 1 is 0.963 bits per heavy atom. The van der Waals surface area contributed by atoms with Crippen LogP contribution in [-0.2, 0) is 14.3 Å². The van der Waals surface area contributed by atoms with Gasteiger partial charge in [-0.3, -0.25) is 4.79 Å². The zero-order chi connectivity index (χ0) is 21.0. The monoisotopic (exact) mass is 404 g/mol. The summed E-state index contributed by atoms with van der Waals surface area (Å²) in [5.41, 5.74) is -4.85. The molecule has 13 heteroatoms. The molecule has 0 aromatic heterocycles. The van der Waals surface area contributed by atoms with E-state index < -0.39 is 35.6 Å². The standard InChI is InChI=1S/C14H14F6N2O5/c1-25-7-4-5-9(26-2)8(6-7)21-12(11(24)27-3,14(18,19)20)22-10(23)13(15,16)17/h4-6,21H,1-3H3,(H,22,23). The van der Waals surface area contributed by atoms with Crippen LogP contribution < -0.4 is 20.1 Å². The lowest BCUT2D eigenvalue weighted by molar-refractivity contribution is -0.213. The highest BCUT2D eigenvalue weighted by Crippen LogP contribution is 2.38. The second-order valence-corrected chi connectivity index (χ2v) is 4.88. The van der Waals surface area contributed by atoms with E-state index in [1.165, 1.54) is 13.2 Å². The Morgan fingerprint density at radius 3 is 1.96 bits per heavy atom. The van der Waals surface area contributed by atoms with Crippen LogP contribution in [0, 0.1) is 0 Å². The second kappa shape index (κ2) is 7.80. The zero-order valence-electron chi connectivity index (χ0n) is 14.0. The molecule has 0 aliphatic carbocycles. The molecule has 1 aromatic carbocycles. The van der Waals surface area contributed by atoms with Crippen LogP contribution in [0.3, 0.4) is 0 Å². The molecule has 0 radical (unpaired) electrons. The van der Waals surface area contributed by atoms with Crippen molar-refractivity contribution in [1.29, 1.82) is 0 Å². The molecule has 0 aliphatic heterocycles. The van der Waals surface area contributed by atoms with Crippen LogP contribution in [0.25, 0.3) is 0 Å². The first-order chi connectivity index (χ1) is 12.3. The first kappa shape index (κ1) is 22.2. The number of nitrogens with one attached hydrogen (secondary N) is 2. The third-order valence-corrected chi connectivity index (χ3v) is 3.20. The number of ether oxygens (including phenoxy) is 3. The Labute approximate surface area is 148 Å². The third kappa shape index (κ3) is 4.65. The molecule has 1 aromatic rings. The molecule has 2 N–H and O–H groups in total. The molecule has 1 atom stereocenters. The zero-order valence-corrected chi connectivity index (χ0v) is 14.0. The minimum Gasteiger partial charge on any atom is -0.497 e. The Morgan fingerprint density at radius 2 is 1.56 bits per heavy atom. The number of hydrogen-bond donors (Lipinski definition) is 2. The van der Waals surface area contributed by atoms with Crippen LogP contribution >= 0.6 is 0 Å². The molecule has 0 spiro atoms. The van der Waals surface area contributed by atoms with Gasteiger partial charge in [-0.25, -0.2) is 4.79 Å². The topological polar surface area (TPSA) is 85.9 Å². The van der Waals surface area contributed by atoms with Gasteiger partial charge in [0, 0.05) is 6.07 Å². The van der Waals surface area contributed by atoms with E-state index in [2.05, 4.69) is 4.74 Å². The summed E-state index contributed by atoms with van der Waals surface area (Å²) in [6.07, 6.45) is -11.4. The quantitative estimate of drug-likeness (QED) is 0.430. The smallest absolute Gasteiger partial charge is 0.471 e. The van der Waals surface area contributed by atoms with Gasteiger partial charge in [-0.15, -0.1) is 0 Å². The molecule has 0 heterocycles. The average Bonchev–Trinajstić information content (AvgIpc) is 2.58. The van der Waals surface area contributed by atoms with Gasteiger partial charge in [-0.05, 0) is 12.1 Å². The van der Waals surface area contributed by atoms with Crippen LogP contribution in [-0.4, -0.2) is 51.2 Å². The molecule has 0 aliphatic rings. The largest absolute Gasteiger partial charge is 0.497 e. The predicted molar refractivity (Wildman–Crippen MR) is 78.2 cm³/mol. The third-order valence-electron chi connectivity index (χ3n) is 3.20. The van der Waals surface area contributed by atoms with Gasteiger partial charge < -0.3 is 24.8 Å². The summed E-state index contributed by atoms with van der Waals surface area (Å²) in [7, 11) is 2.75. The van der Waals surface area contributed by atoms with Crippen molar-refractivity contribution in [2.24, 2.45) is 0 Å². The van der Waals surface area contributed by atoms with Crippen molar-refractivity contribution >= 4 is 17.6 Å². The predicted octanol–water partition coefficient (Wildman–Crippen LogP) is 2.23. The molecular weight excluding hydrogens is 390 g/mol. The number of anilines is 1. The molecule has 1 rings (SSSR count). The van der Waals surface area contributed by atoms with E-state index in [0.29, 0.717) is 12.4 Å². The highest BCUT2D eigenvalue weighted by atomic mass is 19.4. The Bertz CT molecular complexity index is 706. The first-order valence-corrected chi connectivity index (χ1v) is 6.87. The van der Waals surface area contributed by atoms with E-state index in [1.807, 2.05) is 0 Å². The summed E-state index contributed by atoms with van der Waals surface area (Å²) in [5, 5.41) is 2.17. The second-order valence-electron chi connectivity index (χ2n) is 4.88. The summed E-state index contributed by atoms with van der Waals surface area (Å²) in [6, 6.07) is 3.33. The Hall–Kier alpha value is -2.86. The van der Waals surface area contributed by atoms with Crippen molar-refractivity contribution in [2.75, 3.05) is 26.6 Å². The maximum absolute atomic E-state index is 13.6. The van der Waals surface area contributed by atoms with Crippen molar-refractivity contribution in [1.82, 2.24) is 5.32 Å². The van der Waals surface area contributed by atoms with Crippen LogP contribution in [0.2, 0.25) is 0 Å². The number of carbonyl (C=O) groups is 2. The molecule has 1 amide bonds. The van der Waals surface area contributed by atoms with Crippen LogP contribution in [0.15, 0.2) is 18.2 Å². The number of rotatable bonds is 6. The van der Waals surface area contributed by atoms with E-state index >= 15 is 0 Å². The molecule has 27 heavy (non-hydrogen) atoms.